The van der Waals surface area contributed by atoms with Gasteiger partial charge in [0.05, 0.1) is 23.4 Å². The number of fused-ring (bicyclic) bond motifs is 1. The third-order valence-electron chi connectivity index (χ3n) is 4.57. The van der Waals surface area contributed by atoms with Crippen molar-refractivity contribution in [3.63, 3.8) is 0 Å². The van der Waals surface area contributed by atoms with Crippen LogP contribution in [-0.4, -0.2) is 19.1 Å². The summed E-state index contributed by atoms with van der Waals surface area (Å²) in [6.07, 6.45) is 1.50. The summed E-state index contributed by atoms with van der Waals surface area (Å²) in [7, 11) is 0. The van der Waals surface area contributed by atoms with Gasteiger partial charge in [-0.2, -0.15) is 0 Å². The van der Waals surface area contributed by atoms with Crippen molar-refractivity contribution >= 4 is 17.3 Å². The molecule has 29 heavy (non-hydrogen) atoms. The van der Waals surface area contributed by atoms with E-state index in [9.17, 15) is 9.18 Å². The number of amides is 1. The Kier molecular flexibility index (Phi) is 6.33. The van der Waals surface area contributed by atoms with E-state index in [0.29, 0.717) is 24.4 Å². The van der Waals surface area contributed by atoms with Crippen LogP contribution in [0.1, 0.15) is 32.3 Å². The van der Waals surface area contributed by atoms with E-state index in [4.69, 9.17) is 10.5 Å². The van der Waals surface area contributed by atoms with Crippen LogP contribution in [0.5, 0.6) is 5.75 Å². The highest BCUT2D eigenvalue weighted by molar-refractivity contribution is 6.02. The summed E-state index contributed by atoms with van der Waals surface area (Å²) < 4.78 is 35.3. The SMILES string of the molecule is CCCNC(=O)C1=C(N)c2ccc(F)c(-c3cccc(OCCC)c3F)c2[NH2+]N1. The molecule has 0 saturated heterocycles. The Labute approximate surface area is 168 Å². The Morgan fingerprint density at radius 1 is 1.17 bits per heavy atom. The zero-order valence-corrected chi connectivity index (χ0v) is 16.4. The normalized spacial score (nSPS) is 13.0. The summed E-state index contributed by atoms with van der Waals surface area (Å²) in [6.45, 7) is 4.72. The molecular formula is C21H25F2N4O2+. The first-order valence-electron chi connectivity index (χ1n) is 9.61. The first kappa shape index (κ1) is 20.6. The predicted molar refractivity (Wildman–Crippen MR) is 107 cm³/mol. The van der Waals surface area contributed by atoms with E-state index in [1.807, 2.05) is 13.8 Å². The Morgan fingerprint density at radius 3 is 2.69 bits per heavy atom. The van der Waals surface area contributed by atoms with E-state index >= 15 is 4.39 Å². The number of carbonyl (C=O) groups excluding carboxylic acids is 1. The molecule has 3 rings (SSSR count). The molecule has 154 valence electrons. The van der Waals surface area contributed by atoms with Gasteiger partial charge in [-0.25, -0.2) is 19.6 Å². The Bertz CT molecular complexity index is 960. The Hall–Kier alpha value is -3.13. The van der Waals surface area contributed by atoms with Crippen molar-refractivity contribution in [2.45, 2.75) is 26.7 Å². The molecule has 1 aliphatic rings. The van der Waals surface area contributed by atoms with Gasteiger partial charge in [-0.15, -0.1) is 0 Å². The average molecular weight is 403 g/mol. The van der Waals surface area contributed by atoms with Crippen molar-refractivity contribution in [1.82, 2.24) is 10.7 Å². The van der Waals surface area contributed by atoms with Crippen molar-refractivity contribution < 1.29 is 23.7 Å². The maximum Gasteiger partial charge on any atom is 0.274 e. The fourth-order valence-electron chi connectivity index (χ4n) is 3.15. The largest absolute Gasteiger partial charge is 0.491 e. The minimum Gasteiger partial charge on any atom is -0.491 e. The molecule has 0 unspecified atom stereocenters. The van der Waals surface area contributed by atoms with Gasteiger partial charge in [0.25, 0.3) is 5.91 Å². The lowest BCUT2D eigenvalue weighted by Crippen LogP contribution is -2.89. The second kappa shape index (κ2) is 8.91. The molecule has 0 aliphatic carbocycles. The van der Waals surface area contributed by atoms with Crippen molar-refractivity contribution in [2.75, 3.05) is 13.2 Å². The van der Waals surface area contributed by atoms with Crippen LogP contribution in [0.15, 0.2) is 36.0 Å². The molecule has 0 radical (unpaired) electrons. The van der Waals surface area contributed by atoms with Gasteiger partial charge in [-0.05, 0) is 31.0 Å². The molecule has 0 aromatic heterocycles. The van der Waals surface area contributed by atoms with Crippen molar-refractivity contribution in [3.05, 3.63) is 53.2 Å². The maximum absolute atomic E-state index is 15.0. The second-order valence-electron chi connectivity index (χ2n) is 6.68. The molecule has 6 N–H and O–H groups in total. The average Bonchev–Trinajstić information content (AvgIpc) is 2.72. The topological polar surface area (TPSA) is 93.0 Å². The number of hydrogen-bond acceptors (Lipinski definition) is 4. The van der Waals surface area contributed by atoms with E-state index in [1.165, 1.54) is 29.7 Å². The number of quaternary nitrogens is 1. The number of halogens is 2. The number of nitrogens with one attached hydrogen (secondary N) is 2. The zero-order chi connectivity index (χ0) is 21.0. The third-order valence-corrected chi connectivity index (χ3v) is 4.57. The van der Waals surface area contributed by atoms with Crippen molar-refractivity contribution in [2.24, 2.45) is 5.73 Å². The van der Waals surface area contributed by atoms with Gasteiger partial charge < -0.3 is 15.8 Å². The van der Waals surface area contributed by atoms with Crippen LogP contribution in [-0.2, 0) is 4.79 Å². The molecule has 1 amide bonds. The van der Waals surface area contributed by atoms with Gasteiger partial charge in [0, 0.05) is 12.1 Å². The highest BCUT2D eigenvalue weighted by Crippen LogP contribution is 2.38. The maximum atomic E-state index is 15.0. The summed E-state index contributed by atoms with van der Waals surface area (Å²) in [5.41, 5.74) is 11.8. The molecule has 0 bridgehead atoms. The summed E-state index contributed by atoms with van der Waals surface area (Å²) in [5.74, 6) is -1.53. The van der Waals surface area contributed by atoms with Crippen LogP contribution >= 0.6 is 0 Å². The second-order valence-corrected chi connectivity index (χ2v) is 6.68. The first-order chi connectivity index (χ1) is 14.0. The predicted octanol–water partition coefficient (Wildman–Crippen LogP) is 2.29. The Balaban J connectivity index is 2.08. The molecule has 1 aliphatic heterocycles. The highest BCUT2D eigenvalue weighted by atomic mass is 19.1. The minimum absolute atomic E-state index is 0.0606. The minimum atomic E-state index is -0.643. The smallest absolute Gasteiger partial charge is 0.274 e. The number of hydrogen-bond donors (Lipinski definition) is 4. The van der Waals surface area contributed by atoms with Gasteiger partial charge in [0.15, 0.2) is 23.0 Å². The van der Waals surface area contributed by atoms with E-state index in [1.54, 1.807) is 6.07 Å². The van der Waals surface area contributed by atoms with E-state index in [2.05, 4.69) is 10.7 Å². The quantitative estimate of drug-likeness (QED) is 0.422. The van der Waals surface area contributed by atoms with Gasteiger partial charge in [-0.1, -0.05) is 26.0 Å². The summed E-state index contributed by atoms with van der Waals surface area (Å²) >= 11 is 0. The fourth-order valence-corrected chi connectivity index (χ4v) is 3.15. The molecule has 1 heterocycles. The van der Waals surface area contributed by atoms with Crippen LogP contribution in [0, 0.1) is 11.6 Å². The van der Waals surface area contributed by atoms with Crippen LogP contribution in [0.2, 0.25) is 0 Å². The van der Waals surface area contributed by atoms with E-state index in [0.717, 1.165) is 12.8 Å². The standard InChI is InChI=1S/C21H24F2N4O2/c1-3-10-25-21(28)20-18(24)13-8-9-14(22)16(19(13)26-27-20)12-6-5-7-15(17(12)23)29-11-4-2/h5-9,26-27H,3-4,10-11,24H2,1-2H3,(H,25,28)/p+1. The monoisotopic (exact) mass is 403 g/mol. The van der Waals surface area contributed by atoms with Crippen molar-refractivity contribution in [3.8, 4) is 16.9 Å². The molecule has 0 spiro atoms. The van der Waals surface area contributed by atoms with Gasteiger partial charge >= 0.3 is 0 Å². The number of carbonyl (C=O) groups is 1. The van der Waals surface area contributed by atoms with Gasteiger partial charge in [-0.3, -0.25) is 4.79 Å². The molecular weight excluding hydrogens is 378 g/mol. The zero-order valence-electron chi connectivity index (χ0n) is 16.4. The van der Waals surface area contributed by atoms with Crippen LogP contribution in [0.4, 0.5) is 14.5 Å². The lowest BCUT2D eigenvalue weighted by Gasteiger charge is -2.22. The first-order valence-corrected chi connectivity index (χ1v) is 9.61. The Morgan fingerprint density at radius 2 is 1.97 bits per heavy atom. The number of benzene rings is 2. The van der Waals surface area contributed by atoms with E-state index < -0.39 is 11.6 Å². The molecule has 8 heteroatoms. The molecule has 6 nitrogen and oxygen atoms in total. The van der Waals surface area contributed by atoms with Crippen LogP contribution < -0.4 is 26.6 Å². The van der Waals surface area contributed by atoms with Gasteiger partial charge in [0.1, 0.15) is 5.82 Å². The molecule has 0 atom stereocenters. The molecule has 2 aromatic rings. The summed E-state index contributed by atoms with van der Waals surface area (Å²) in [4.78, 5) is 12.3. The third kappa shape index (κ3) is 4.02. The van der Waals surface area contributed by atoms with Crippen molar-refractivity contribution in [1.29, 1.82) is 0 Å². The van der Waals surface area contributed by atoms with Crippen LogP contribution in [0.25, 0.3) is 16.8 Å². The summed E-state index contributed by atoms with van der Waals surface area (Å²) in [5, 5.41) is 2.75. The highest BCUT2D eigenvalue weighted by Gasteiger charge is 2.30. The number of nitrogens with two attached hydrogens (primary N) is 2. The lowest BCUT2D eigenvalue weighted by atomic mass is 9.96. The molecule has 0 saturated carbocycles. The number of rotatable bonds is 7. The molecule has 0 fully saturated rings. The summed E-state index contributed by atoms with van der Waals surface area (Å²) in [6, 6.07) is 7.32. The lowest BCUT2D eigenvalue weighted by molar-refractivity contribution is -0.626. The fraction of sp³-hybridized carbons (Fsp3) is 0.286. The van der Waals surface area contributed by atoms with Gasteiger partial charge in [0.2, 0.25) is 0 Å². The number of ether oxygens (including phenoxy) is 1. The van der Waals surface area contributed by atoms with E-state index in [-0.39, 0.29) is 34.2 Å². The molecule has 2 aromatic carbocycles. The van der Waals surface area contributed by atoms with Crippen LogP contribution in [0.3, 0.4) is 0 Å².